The standard InChI is InChI=1S/C18H34N2O2.ClH/c1-2-14-22-18(10-4-3-5-11-18)15-20-17(21)7-6-16-8-12-19-13-9-16;/h16,19H,2-15H2,1H3,(H,20,21);1H. The Labute approximate surface area is 147 Å². The lowest BCUT2D eigenvalue weighted by molar-refractivity contribution is -0.124. The van der Waals surface area contributed by atoms with Crippen LogP contribution in [0.1, 0.15) is 71.1 Å². The molecule has 0 aromatic heterocycles. The summed E-state index contributed by atoms with van der Waals surface area (Å²) in [7, 11) is 0. The number of nitrogens with one attached hydrogen (secondary N) is 2. The first kappa shape index (κ1) is 20.7. The van der Waals surface area contributed by atoms with E-state index in [4.69, 9.17) is 4.74 Å². The van der Waals surface area contributed by atoms with Crippen molar-refractivity contribution < 1.29 is 9.53 Å². The Bertz CT molecular complexity index is 327. The Morgan fingerprint density at radius 2 is 1.91 bits per heavy atom. The van der Waals surface area contributed by atoms with Crippen LogP contribution in [0.15, 0.2) is 0 Å². The number of halogens is 1. The van der Waals surface area contributed by atoms with Crippen LogP contribution in [0.3, 0.4) is 0 Å². The van der Waals surface area contributed by atoms with E-state index in [0.717, 1.165) is 51.3 Å². The van der Waals surface area contributed by atoms with Crippen molar-refractivity contribution in [1.29, 1.82) is 0 Å². The maximum atomic E-state index is 12.2. The zero-order chi connectivity index (χ0) is 15.7. The molecule has 0 spiro atoms. The number of carbonyl (C=O) groups is 1. The highest BCUT2D eigenvalue weighted by Crippen LogP contribution is 2.31. The molecule has 23 heavy (non-hydrogen) atoms. The van der Waals surface area contributed by atoms with Crippen molar-refractivity contribution in [2.24, 2.45) is 5.92 Å². The number of hydrogen-bond acceptors (Lipinski definition) is 3. The smallest absolute Gasteiger partial charge is 0.220 e. The van der Waals surface area contributed by atoms with Crippen LogP contribution in [0.25, 0.3) is 0 Å². The SMILES string of the molecule is CCCOC1(CNC(=O)CCC2CCNCC2)CCCCC1.Cl. The Balaban J connectivity index is 0.00000264. The van der Waals surface area contributed by atoms with Crippen molar-refractivity contribution in [2.75, 3.05) is 26.2 Å². The van der Waals surface area contributed by atoms with Crippen molar-refractivity contribution in [3.63, 3.8) is 0 Å². The molecule has 2 aliphatic rings. The van der Waals surface area contributed by atoms with Gasteiger partial charge in [-0.3, -0.25) is 4.79 Å². The molecule has 0 unspecified atom stereocenters. The second-order valence-corrected chi connectivity index (χ2v) is 7.10. The third kappa shape index (κ3) is 7.40. The summed E-state index contributed by atoms with van der Waals surface area (Å²) in [5, 5.41) is 6.54. The van der Waals surface area contributed by atoms with Crippen molar-refractivity contribution >= 4 is 18.3 Å². The molecule has 0 aromatic carbocycles. The first-order valence-corrected chi connectivity index (χ1v) is 9.35. The van der Waals surface area contributed by atoms with Gasteiger partial charge in [0.1, 0.15) is 0 Å². The average Bonchev–Trinajstić information content (AvgIpc) is 2.58. The van der Waals surface area contributed by atoms with Gasteiger partial charge < -0.3 is 15.4 Å². The monoisotopic (exact) mass is 346 g/mol. The maximum Gasteiger partial charge on any atom is 0.220 e. The topological polar surface area (TPSA) is 50.4 Å². The number of carbonyl (C=O) groups excluding carboxylic acids is 1. The van der Waals surface area contributed by atoms with Gasteiger partial charge >= 0.3 is 0 Å². The maximum absolute atomic E-state index is 12.2. The van der Waals surface area contributed by atoms with Gasteiger partial charge in [0.05, 0.1) is 5.60 Å². The van der Waals surface area contributed by atoms with Gasteiger partial charge in [-0.2, -0.15) is 0 Å². The van der Waals surface area contributed by atoms with Crippen LogP contribution in [0.5, 0.6) is 0 Å². The molecule has 1 saturated heterocycles. The van der Waals surface area contributed by atoms with Crippen molar-refractivity contribution in [3.05, 3.63) is 0 Å². The van der Waals surface area contributed by atoms with E-state index in [1.54, 1.807) is 0 Å². The summed E-state index contributed by atoms with van der Waals surface area (Å²) in [6.07, 6.45) is 11.2. The summed E-state index contributed by atoms with van der Waals surface area (Å²) in [5.41, 5.74) is -0.0846. The fraction of sp³-hybridized carbons (Fsp3) is 0.944. The summed E-state index contributed by atoms with van der Waals surface area (Å²) < 4.78 is 6.14. The molecule has 0 radical (unpaired) electrons. The van der Waals surface area contributed by atoms with Gasteiger partial charge in [0, 0.05) is 19.6 Å². The summed E-state index contributed by atoms with van der Waals surface area (Å²) in [5.74, 6) is 0.940. The summed E-state index contributed by atoms with van der Waals surface area (Å²) in [4.78, 5) is 12.2. The Morgan fingerprint density at radius 1 is 1.22 bits per heavy atom. The summed E-state index contributed by atoms with van der Waals surface area (Å²) in [6.45, 7) is 5.89. The van der Waals surface area contributed by atoms with Crippen LogP contribution in [0.2, 0.25) is 0 Å². The Morgan fingerprint density at radius 3 is 2.57 bits per heavy atom. The third-order valence-electron chi connectivity index (χ3n) is 5.22. The van der Waals surface area contributed by atoms with E-state index < -0.39 is 0 Å². The second kappa shape index (κ2) is 11.3. The van der Waals surface area contributed by atoms with E-state index in [9.17, 15) is 4.79 Å². The first-order valence-electron chi connectivity index (χ1n) is 9.35. The van der Waals surface area contributed by atoms with Gasteiger partial charge in [-0.15, -0.1) is 12.4 Å². The fourth-order valence-corrected chi connectivity index (χ4v) is 3.74. The predicted molar refractivity (Wildman–Crippen MR) is 97.1 cm³/mol. The van der Waals surface area contributed by atoms with E-state index in [-0.39, 0.29) is 23.9 Å². The molecule has 1 saturated carbocycles. The van der Waals surface area contributed by atoms with Crippen LogP contribution < -0.4 is 10.6 Å². The Kier molecular flexibility index (Phi) is 10.2. The van der Waals surface area contributed by atoms with Crippen LogP contribution >= 0.6 is 12.4 Å². The molecule has 0 aromatic rings. The van der Waals surface area contributed by atoms with E-state index in [1.165, 1.54) is 32.1 Å². The van der Waals surface area contributed by atoms with Gasteiger partial charge in [-0.25, -0.2) is 0 Å². The van der Waals surface area contributed by atoms with Crippen LogP contribution in [0.4, 0.5) is 0 Å². The molecule has 0 atom stereocenters. The molecule has 1 aliphatic heterocycles. The van der Waals surface area contributed by atoms with E-state index in [2.05, 4.69) is 17.6 Å². The number of rotatable bonds is 8. The predicted octanol–water partition coefficient (Wildman–Crippen LogP) is 3.43. The van der Waals surface area contributed by atoms with Gasteiger partial charge in [0.25, 0.3) is 0 Å². The molecule has 1 aliphatic carbocycles. The lowest BCUT2D eigenvalue weighted by Gasteiger charge is -2.37. The van der Waals surface area contributed by atoms with Gasteiger partial charge in [0.15, 0.2) is 0 Å². The molecule has 2 N–H and O–H groups in total. The molecule has 5 heteroatoms. The molecular weight excluding hydrogens is 312 g/mol. The molecule has 136 valence electrons. The normalized spacial score (nSPS) is 21.4. The molecular formula is C18H35ClN2O2. The quantitative estimate of drug-likeness (QED) is 0.708. The Hall–Kier alpha value is -0.320. The highest BCUT2D eigenvalue weighted by Gasteiger charge is 2.33. The number of ether oxygens (including phenoxy) is 1. The highest BCUT2D eigenvalue weighted by atomic mass is 35.5. The second-order valence-electron chi connectivity index (χ2n) is 7.10. The number of hydrogen-bond donors (Lipinski definition) is 2. The van der Waals surface area contributed by atoms with Gasteiger partial charge in [-0.1, -0.05) is 26.2 Å². The zero-order valence-electron chi connectivity index (χ0n) is 14.7. The van der Waals surface area contributed by atoms with Gasteiger partial charge in [0.2, 0.25) is 5.91 Å². The van der Waals surface area contributed by atoms with Crippen LogP contribution in [0, 0.1) is 5.92 Å². The average molecular weight is 347 g/mol. The van der Waals surface area contributed by atoms with Crippen LogP contribution in [-0.4, -0.2) is 37.7 Å². The van der Waals surface area contributed by atoms with E-state index in [1.807, 2.05) is 0 Å². The molecule has 1 amide bonds. The van der Waals surface area contributed by atoms with Gasteiger partial charge in [-0.05, 0) is 57.5 Å². The van der Waals surface area contributed by atoms with E-state index >= 15 is 0 Å². The van der Waals surface area contributed by atoms with E-state index in [0.29, 0.717) is 13.0 Å². The lowest BCUT2D eigenvalue weighted by atomic mass is 9.84. The molecule has 2 fully saturated rings. The third-order valence-corrected chi connectivity index (χ3v) is 5.22. The first-order chi connectivity index (χ1) is 10.7. The lowest BCUT2D eigenvalue weighted by Crippen LogP contribution is -2.46. The largest absolute Gasteiger partial charge is 0.373 e. The fourth-order valence-electron chi connectivity index (χ4n) is 3.74. The molecule has 1 heterocycles. The zero-order valence-corrected chi connectivity index (χ0v) is 15.5. The number of piperidine rings is 1. The number of amides is 1. The summed E-state index contributed by atoms with van der Waals surface area (Å²) >= 11 is 0. The molecule has 4 nitrogen and oxygen atoms in total. The summed E-state index contributed by atoms with van der Waals surface area (Å²) in [6, 6.07) is 0. The van der Waals surface area contributed by atoms with Crippen LogP contribution in [-0.2, 0) is 9.53 Å². The molecule has 2 rings (SSSR count). The minimum Gasteiger partial charge on any atom is -0.373 e. The minimum atomic E-state index is -0.0846. The van der Waals surface area contributed by atoms with Crippen molar-refractivity contribution in [2.45, 2.75) is 76.7 Å². The van der Waals surface area contributed by atoms with Crippen molar-refractivity contribution in [3.8, 4) is 0 Å². The highest BCUT2D eigenvalue weighted by molar-refractivity contribution is 5.85. The van der Waals surface area contributed by atoms with Crippen molar-refractivity contribution in [1.82, 2.24) is 10.6 Å². The molecule has 0 bridgehead atoms. The minimum absolute atomic E-state index is 0.